The van der Waals surface area contributed by atoms with Gasteiger partial charge in [-0.15, -0.1) is 6.58 Å². The number of hydrogen-bond donors (Lipinski definition) is 0. The monoisotopic (exact) mass is 430 g/mol. The highest BCUT2D eigenvalue weighted by Crippen LogP contribution is 2.66. The average Bonchev–Trinajstić information content (AvgIpc) is 2.75. The lowest BCUT2D eigenvalue weighted by atomic mass is 9.82. The van der Waals surface area contributed by atoms with Crippen LogP contribution in [0.25, 0.3) is 0 Å². The smallest absolute Gasteiger partial charge is 0.0377 e. The van der Waals surface area contributed by atoms with Gasteiger partial charge in [0, 0.05) is 45.0 Å². The quantitative estimate of drug-likeness (QED) is 0.418. The van der Waals surface area contributed by atoms with Crippen LogP contribution in [0.15, 0.2) is 83.1 Å². The number of aryl methyl sites for hydroxylation is 1. The van der Waals surface area contributed by atoms with Crippen LogP contribution in [0, 0.1) is 6.92 Å². The zero-order chi connectivity index (χ0) is 22.3. The molecule has 0 radical (unpaired) electrons. The van der Waals surface area contributed by atoms with E-state index in [1.54, 1.807) is 0 Å². The Kier molecular flexibility index (Phi) is 5.65. The summed E-state index contributed by atoms with van der Waals surface area (Å²) in [5, 5.41) is 0. The summed E-state index contributed by atoms with van der Waals surface area (Å²) in [6.45, 7) is 7.00. The number of rotatable bonds is 5. The zero-order valence-electron chi connectivity index (χ0n) is 19.6. The van der Waals surface area contributed by atoms with E-state index in [9.17, 15) is 0 Å². The number of hydrogen-bond acceptors (Lipinski definition) is 2. The van der Waals surface area contributed by atoms with Crippen LogP contribution in [0.3, 0.4) is 0 Å². The van der Waals surface area contributed by atoms with E-state index in [1.165, 1.54) is 43.4 Å². The lowest BCUT2D eigenvalue weighted by Gasteiger charge is -2.44. The van der Waals surface area contributed by atoms with Gasteiger partial charge in [0.05, 0.1) is 0 Å². The predicted octanol–water partition coefficient (Wildman–Crippen LogP) is 6.66. The van der Waals surface area contributed by atoms with E-state index in [0.717, 1.165) is 6.54 Å². The minimum Gasteiger partial charge on any atom is -0.378 e. The van der Waals surface area contributed by atoms with Crippen LogP contribution in [-0.2, 0) is 0 Å². The molecule has 2 nitrogen and oxygen atoms in total. The molecule has 0 N–H and O–H groups in total. The van der Waals surface area contributed by atoms with Crippen molar-refractivity contribution in [1.82, 2.24) is 0 Å². The van der Waals surface area contributed by atoms with E-state index in [4.69, 9.17) is 0 Å². The Morgan fingerprint density at radius 3 is 2.00 bits per heavy atom. The molecule has 0 saturated carbocycles. The van der Waals surface area contributed by atoms with E-state index in [2.05, 4.69) is 118 Å². The first kappa shape index (κ1) is 21.6. The Labute approximate surface area is 189 Å². The molecule has 1 heterocycles. The molecule has 31 heavy (non-hydrogen) atoms. The molecular weight excluding hydrogens is 396 g/mol. The summed E-state index contributed by atoms with van der Waals surface area (Å²) in [4.78, 5) is 7.49. The highest BCUT2D eigenvalue weighted by molar-refractivity contribution is 8.32. The average molecular weight is 431 g/mol. The lowest BCUT2D eigenvalue weighted by Crippen LogP contribution is -2.21. The molecule has 1 unspecified atom stereocenters. The van der Waals surface area contributed by atoms with Gasteiger partial charge in [-0.05, 0) is 75.7 Å². The molecule has 1 atom stereocenters. The SMILES string of the molecule is C=CCN(C)c1ccc2c(c1)S(C)(C)c1cc(N(C)C)ccc1C2c1ccccc1C. The highest BCUT2D eigenvalue weighted by atomic mass is 32.3. The molecule has 3 aromatic rings. The summed E-state index contributed by atoms with van der Waals surface area (Å²) in [7, 11) is 5.24. The van der Waals surface area contributed by atoms with Crippen molar-refractivity contribution in [3.05, 3.63) is 95.6 Å². The third-order valence-electron chi connectivity index (χ3n) is 6.58. The second-order valence-corrected chi connectivity index (χ2v) is 12.7. The van der Waals surface area contributed by atoms with Gasteiger partial charge in [-0.2, -0.15) is 10.0 Å². The van der Waals surface area contributed by atoms with Gasteiger partial charge in [-0.3, -0.25) is 0 Å². The normalized spacial score (nSPS) is 17.3. The van der Waals surface area contributed by atoms with Gasteiger partial charge in [0.2, 0.25) is 0 Å². The van der Waals surface area contributed by atoms with Gasteiger partial charge in [0.1, 0.15) is 0 Å². The number of likely N-dealkylation sites (N-methyl/N-ethyl adjacent to an activating group) is 1. The molecule has 0 bridgehead atoms. The fourth-order valence-electron chi connectivity index (χ4n) is 4.75. The summed E-state index contributed by atoms with van der Waals surface area (Å²) < 4.78 is 0. The number of nitrogens with zero attached hydrogens (tertiary/aromatic N) is 2. The molecule has 3 heteroatoms. The predicted molar refractivity (Wildman–Crippen MR) is 139 cm³/mol. The van der Waals surface area contributed by atoms with E-state index in [0.29, 0.717) is 0 Å². The zero-order valence-corrected chi connectivity index (χ0v) is 20.5. The van der Waals surface area contributed by atoms with Crippen LogP contribution in [0.5, 0.6) is 0 Å². The molecule has 0 aromatic heterocycles. The van der Waals surface area contributed by atoms with Gasteiger partial charge in [0.15, 0.2) is 0 Å². The van der Waals surface area contributed by atoms with Gasteiger partial charge in [-0.1, -0.05) is 42.5 Å². The Bertz CT molecular complexity index is 1130. The highest BCUT2D eigenvalue weighted by Gasteiger charge is 2.36. The van der Waals surface area contributed by atoms with Crippen LogP contribution in [0.2, 0.25) is 0 Å². The van der Waals surface area contributed by atoms with Crippen molar-refractivity contribution in [3.8, 4) is 0 Å². The van der Waals surface area contributed by atoms with Gasteiger partial charge >= 0.3 is 0 Å². The first-order chi connectivity index (χ1) is 14.8. The van der Waals surface area contributed by atoms with Crippen LogP contribution < -0.4 is 9.80 Å². The van der Waals surface area contributed by atoms with Crippen molar-refractivity contribution in [3.63, 3.8) is 0 Å². The fourth-order valence-corrected chi connectivity index (χ4v) is 7.37. The van der Waals surface area contributed by atoms with E-state index < -0.39 is 10.0 Å². The molecule has 162 valence electrons. The van der Waals surface area contributed by atoms with Crippen LogP contribution >= 0.6 is 10.0 Å². The number of anilines is 2. The van der Waals surface area contributed by atoms with Crippen molar-refractivity contribution < 1.29 is 0 Å². The number of fused-ring (bicyclic) bond motifs is 2. The Hall–Kier alpha value is -2.65. The molecule has 0 aliphatic carbocycles. The first-order valence-corrected chi connectivity index (χ1v) is 13.3. The van der Waals surface area contributed by atoms with Crippen molar-refractivity contribution in [2.75, 3.05) is 50.0 Å². The molecule has 4 rings (SSSR count). The Morgan fingerprint density at radius 1 is 0.839 bits per heavy atom. The largest absolute Gasteiger partial charge is 0.378 e. The van der Waals surface area contributed by atoms with Gasteiger partial charge < -0.3 is 9.80 Å². The maximum absolute atomic E-state index is 3.92. The third-order valence-corrected chi connectivity index (χ3v) is 9.48. The van der Waals surface area contributed by atoms with Crippen molar-refractivity contribution >= 4 is 21.4 Å². The van der Waals surface area contributed by atoms with E-state index >= 15 is 0 Å². The van der Waals surface area contributed by atoms with Crippen LogP contribution in [0.1, 0.15) is 28.2 Å². The Balaban J connectivity index is 2.00. The van der Waals surface area contributed by atoms with E-state index in [1.807, 2.05) is 6.08 Å². The molecule has 0 fully saturated rings. The Morgan fingerprint density at radius 2 is 1.42 bits per heavy atom. The molecular formula is C28H34N2S. The van der Waals surface area contributed by atoms with Crippen LogP contribution in [0.4, 0.5) is 11.4 Å². The van der Waals surface area contributed by atoms with Crippen molar-refractivity contribution in [2.45, 2.75) is 22.6 Å². The topological polar surface area (TPSA) is 6.48 Å². The third kappa shape index (κ3) is 3.65. The van der Waals surface area contributed by atoms with Gasteiger partial charge in [0.25, 0.3) is 0 Å². The molecule has 1 aliphatic rings. The van der Waals surface area contributed by atoms with Crippen molar-refractivity contribution in [1.29, 1.82) is 0 Å². The standard InChI is InChI=1S/C28H34N2S/c1-8-17-30(5)22-14-16-25-27(19-22)31(6,7)26-18-21(29(3)4)13-15-24(26)28(25)23-12-10-9-11-20(23)2/h8-16,18-19,28H,1,17H2,2-7H3. The molecule has 0 saturated heterocycles. The van der Waals surface area contributed by atoms with Gasteiger partial charge in [-0.25, -0.2) is 0 Å². The van der Waals surface area contributed by atoms with Crippen molar-refractivity contribution in [2.24, 2.45) is 0 Å². The maximum atomic E-state index is 3.92. The summed E-state index contributed by atoms with van der Waals surface area (Å²) in [5.74, 6) is 0.265. The molecule has 0 amide bonds. The fraction of sp³-hybridized carbons (Fsp3) is 0.286. The second kappa shape index (κ2) is 8.12. The number of benzene rings is 3. The summed E-state index contributed by atoms with van der Waals surface area (Å²) in [6, 6.07) is 23.0. The maximum Gasteiger partial charge on any atom is 0.0377 e. The van der Waals surface area contributed by atoms with Crippen LogP contribution in [-0.4, -0.2) is 40.2 Å². The van der Waals surface area contributed by atoms with E-state index in [-0.39, 0.29) is 5.92 Å². The molecule has 3 aromatic carbocycles. The molecule has 0 spiro atoms. The lowest BCUT2D eigenvalue weighted by molar-refractivity contribution is 0.880. The minimum atomic E-state index is -1.16. The summed E-state index contributed by atoms with van der Waals surface area (Å²) in [5.41, 5.74) is 8.20. The second-order valence-electron chi connectivity index (χ2n) is 9.12. The molecule has 1 aliphatic heterocycles. The first-order valence-electron chi connectivity index (χ1n) is 10.8. The summed E-state index contributed by atoms with van der Waals surface area (Å²) >= 11 is 0. The minimum absolute atomic E-state index is 0.265. The summed E-state index contributed by atoms with van der Waals surface area (Å²) in [6.07, 6.45) is 6.87.